The van der Waals surface area contributed by atoms with Crippen LogP contribution in [0.1, 0.15) is 11.4 Å². The summed E-state index contributed by atoms with van der Waals surface area (Å²) < 4.78 is 13.1. The molecule has 1 aliphatic heterocycles. The lowest BCUT2D eigenvalue weighted by Crippen LogP contribution is -2.46. The Morgan fingerprint density at radius 1 is 0.897 bits per heavy atom. The van der Waals surface area contributed by atoms with Crippen molar-refractivity contribution in [3.05, 3.63) is 71.8 Å². The van der Waals surface area contributed by atoms with Crippen molar-refractivity contribution < 1.29 is 4.39 Å². The number of nitrogens with one attached hydrogen (secondary N) is 1. The quantitative estimate of drug-likeness (QED) is 0.666. The van der Waals surface area contributed by atoms with Crippen molar-refractivity contribution in [1.82, 2.24) is 19.9 Å². The Balaban J connectivity index is 1.33. The number of aromatic nitrogens is 3. The second kappa shape index (κ2) is 8.83. The molecule has 0 amide bonds. The van der Waals surface area contributed by atoms with Gasteiger partial charge < -0.3 is 16.0 Å². The molecular formula is C21H24FN7. The van der Waals surface area contributed by atoms with Crippen LogP contribution in [0, 0.1) is 5.82 Å². The molecule has 4 rings (SSSR count). The van der Waals surface area contributed by atoms with Crippen molar-refractivity contribution in [3.8, 4) is 0 Å². The summed E-state index contributed by atoms with van der Waals surface area (Å²) >= 11 is 0. The van der Waals surface area contributed by atoms with Gasteiger partial charge in [-0.25, -0.2) is 4.39 Å². The Kier molecular flexibility index (Phi) is 5.81. The van der Waals surface area contributed by atoms with Crippen molar-refractivity contribution in [1.29, 1.82) is 0 Å². The van der Waals surface area contributed by atoms with Gasteiger partial charge in [0.1, 0.15) is 11.6 Å². The third kappa shape index (κ3) is 5.17. The maximum atomic E-state index is 13.1. The minimum atomic E-state index is -0.212. The lowest BCUT2D eigenvalue weighted by molar-refractivity contribution is 0.244. The van der Waals surface area contributed by atoms with E-state index in [1.807, 2.05) is 42.5 Å². The Labute approximate surface area is 169 Å². The van der Waals surface area contributed by atoms with E-state index in [1.165, 1.54) is 12.1 Å². The largest absolute Gasteiger partial charge is 0.369 e. The molecule has 7 nitrogen and oxygen atoms in total. The number of anilines is 3. The summed E-state index contributed by atoms with van der Waals surface area (Å²) in [5.74, 6) is 1.15. The van der Waals surface area contributed by atoms with Gasteiger partial charge in [0.05, 0.1) is 6.54 Å². The highest BCUT2D eigenvalue weighted by molar-refractivity contribution is 5.46. The van der Waals surface area contributed by atoms with Gasteiger partial charge in [0.25, 0.3) is 0 Å². The highest BCUT2D eigenvalue weighted by atomic mass is 19.1. The van der Waals surface area contributed by atoms with Crippen molar-refractivity contribution in [2.75, 3.05) is 42.1 Å². The SMILES string of the molecule is Nc1nc(CN2CCN(c3ccc(F)cc3)CC2)nc(NCc2ccccc2)n1. The number of hydrogen-bond donors (Lipinski definition) is 2. The smallest absolute Gasteiger partial charge is 0.228 e. The zero-order chi connectivity index (χ0) is 20.1. The standard InChI is InChI=1S/C21H24FN7/c22-17-6-8-18(9-7-17)29-12-10-28(11-13-29)15-19-25-20(23)27-21(26-19)24-14-16-4-2-1-3-5-16/h1-9H,10-15H2,(H3,23,24,25,26,27). The number of nitrogen functional groups attached to an aromatic ring is 1. The van der Waals surface area contributed by atoms with E-state index in [2.05, 4.69) is 30.1 Å². The number of nitrogens with zero attached hydrogens (tertiary/aromatic N) is 5. The molecule has 2 heterocycles. The fourth-order valence-corrected chi connectivity index (χ4v) is 3.38. The molecular weight excluding hydrogens is 369 g/mol. The summed E-state index contributed by atoms with van der Waals surface area (Å²) in [5, 5.41) is 3.21. The van der Waals surface area contributed by atoms with Crippen LogP contribution in [0.25, 0.3) is 0 Å². The van der Waals surface area contributed by atoms with Gasteiger partial charge >= 0.3 is 0 Å². The molecule has 0 bridgehead atoms. The maximum absolute atomic E-state index is 13.1. The zero-order valence-electron chi connectivity index (χ0n) is 16.1. The van der Waals surface area contributed by atoms with Crippen molar-refractivity contribution in [2.24, 2.45) is 0 Å². The molecule has 150 valence electrons. The summed E-state index contributed by atoms with van der Waals surface area (Å²) in [7, 11) is 0. The highest BCUT2D eigenvalue weighted by Gasteiger charge is 2.19. The average molecular weight is 393 g/mol. The van der Waals surface area contributed by atoms with E-state index in [4.69, 9.17) is 5.73 Å². The average Bonchev–Trinajstić information content (AvgIpc) is 2.74. The van der Waals surface area contributed by atoms with Gasteiger partial charge in [-0.1, -0.05) is 30.3 Å². The normalized spacial score (nSPS) is 14.7. The van der Waals surface area contributed by atoms with Crippen LogP contribution in [-0.4, -0.2) is 46.0 Å². The number of piperazine rings is 1. The molecule has 1 aliphatic rings. The fraction of sp³-hybridized carbons (Fsp3) is 0.286. The first-order chi connectivity index (χ1) is 14.2. The van der Waals surface area contributed by atoms with Gasteiger partial charge in [0.15, 0.2) is 0 Å². The fourth-order valence-electron chi connectivity index (χ4n) is 3.38. The van der Waals surface area contributed by atoms with E-state index in [9.17, 15) is 4.39 Å². The van der Waals surface area contributed by atoms with Crippen LogP contribution < -0.4 is 16.0 Å². The Hall–Kier alpha value is -3.26. The van der Waals surface area contributed by atoms with Crippen LogP contribution in [0.4, 0.5) is 22.0 Å². The van der Waals surface area contributed by atoms with Gasteiger partial charge in [-0.3, -0.25) is 4.90 Å². The Morgan fingerprint density at radius 3 is 2.34 bits per heavy atom. The number of halogens is 1. The first kappa shape index (κ1) is 19.1. The molecule has 3 aromatic rings. The number of benzene rings is 2. The van der Waals surface area contributed by atoms with Crippen molar-refractivity contribution in [3.63, 3.8) is 0 Å². The lowest BCUT2D eigenvalue weighted by atomic mass is 10.2. The topological polar surface area (TPSA) is 83.2 Å². The van der Waals surface area contributed by atoms with Gasteiger partial charge in [-0.15, -0.1) is 0 Å². The minimum Gasteiger partial charge on any atom is -0.369 e. The first-order valence-corrected chi connectivity index (χ1v) is 9.67. The number of nitrogens with two attached hydrogens (primary N) is 1. The van der Waals surface area contributed by atoms with Gasteiger partial charge in [0, 0.05) is 38.4 Å². The molecule has 1 aromatic heterocycles. The predicted molar refractivity (Wildman–Crippen MR) is 112 cm³/mol. The number of rotatable bonds is 6. The van der Waals surface area contributed by atoms with E-state index in [-0.39, 0.29) is 11.8 Å². The number of hydrogen-bond acceptors (Lipinski definition) is 7. The molecule has 3 N–H and O–H groups in total. The van der Waals surface area contributed by atoms with Crippen LogP contribution in [0.15, 0.2) is 54.6 Å². The molecule has 0 saturated carbocycles. The summed E-state index contributed by atoms with van der Waals surface area (Å²) in [6.45, 7) is 4.71. The summed E-state index contributed by atoms with van der Waals surface area (Å²) in [6, 6.07) is 16.7. The minimum absolute atomic E-state index is 0.212. The Bertz CT molecular complexity index is 926. The summed E-state index contributed by atoms with van der Waals surface area (Å²) in [6.07, 6.45) is 0. The molecule has 1 fully saturated rings. The second-order valence-corrected chi connectivity index (χ2v) is 7.01. The predicted octanol–water partition coefficient (Wildman–Crippen LogP) is 2.53. The molecule has 2 aromatic carbocycles. The van der Waals surface area contributed by atoms with Crippen LogP contribution in [0.3, 0.4) is 0 Å². The van der Waals surface area contributed by atoms with E-state index >= 15 is 0 Å². The molecule has 1 saturated heterocycles. The molecule has 0 radical (unpaired) electrons. The van der Waals surface area contributed by atoms with Crippen molar-refractivity contribution in [2.45, 2.75) is 13.1 Å². The van der Waals surface area contributed by atoms with Crippen LogP contribution in [0.2, 0.25) is 0 Å². The van der Waals surface area contributed by atoms with E-state index < -0.39 is 0 Å². The van der Waals surface area contributed by atoms with E-state index in [0.29, 0.717) is 24.9 Å². The summed E-state index contributed by atoms with van der Waals surface area (Å²) in [4.78, 5) is 17.5. The van der Waals surface area contributed by atoms with Gasteiger partial charge in [-0.2, -0.15) is 15.0 Å². The third-order valence-corrected chi connectivity index (χ3v) is 4.92. The molecule has 8 heteroatoms. The van der Waals surface area contributed by atoms with Crippen molar-refractivity contribution >= 4 is 17.6 Å². The summed E-state index contributed by atoms with van der Waals surface area (Å²) in [5.41, 5.74) is 8.07. The highest BCUT2D eigenvalue weighted by Crippen LogP contribution is 2.17. The Morgan fingerprint density at radius 2 is 1.62 bits per heavy atom. The van der Waals surface area contributed by atoms with Crippen LogP contribution in [-0.2, 0) is 13.1 Å². The zero-order valence-corrected chi connectivity index (χ0v) is 16.1. The second-order valence-electron chi connectivity index (χ2n) is 7.01. The third-order valence-electron chi connectivity index (χ3n) is 4.92. The molecule has 0 atom stereocenters. The molecule has 0 aliphatic carbocycles. The van der Waals surface area contributed by atoms with Gasteiger partial charge in [0.2, 0.25) is 11.9 Å². The molecule has 0 spiro atoms. The van der Waals surface area contributed by atoms with Crippen LogP contribution >= 0.6 is 0 Å². The monoisotopic (exact) mass is 393 g/mol. The maximum Gasteiger partial charge on any atom is 0.228 e. The lowest BCUT2D eigenvalue weighted by Gasteiger charge is -2.35. The van der Waals surface area contributed by atoms with Gasteiger partial charge in [-0.05, 0) is 29.8 Å². The first-order valence-electron chi connectivity index (χ1n) is 9.67. The van der Waals surface area contributed by atoms with E-state index in [1.54, 1.807) is 0 Å². The molecule has 29 heavy (non-hydrogen) atoms. The van der Waals surface area contributed by atoms with Crippen LogP contribution in [0.5, 0.6) is 0 Å². The van der Waals surface area contributed by atoms with E-state index in [0.717, 1.165) is 37.4 Å². The molecule has 0 unspecified atom stereocenters.